The van der Waals surface area contributed by atoms with Gasteiger partial charge >= 0.3 is 0 Å². The lowest BCUT2D eigenvalue weighted by Gasteiger charge is -2.16. The first-order valence-corrected chi connectivity index (χ1v) is 10.8. The van der Waals surface area contributed by atoms with E-state index in [0.29, 0.717) is 28.1 Å². The largest absolute Gasteiger partial charge is 0.489 e. The second kappa shape index (κ2) is 8.70. The molecule has 7 heteroatoms. The summed E-state index contributed by atoms with van der Waals surface area (Å²) in [4.78, 5) is 12.4. The van der Waals surface area contributed by atoms with Crippen molar-refractivity contribution in [2.75, 3.05) is 6.61 Å². The summed E-state index contributed by atoms with van der Waals surface area (Å²) >= 11 is 12.6. The molecule has 0 fully saturated rings. The van der Waals surface area contributed by atoms with Gasteiger partial charge in [0.15, 0.2) is 5.75 Å². The number of rotatable bonds is 4. The van der Waals surface area contributed by atoms with Crippen LogP contribution in [0.3, 0.4) is 0 Å². The molecule has 0 aliphatic carbocycles. The van der Waals surface area contributed by atoms with Crippen LogP contribution in [0.2, 0.25) is 10.0 Å². The van der Waals surface area contributed by atoms with E-state index in [2.05, 4.69) is 5.32 Å². The van der Waals surface area contributed by atoms with Gasteiger partial charge < -0.3 is 10.1 Å². The van der Waals surface area contributed by atoms with Crippen molar-refractivity contribution < 1.29 is 9.53 Å². The number of halogens is 2. The first kappa shape index (κ1) is 20.8. The van der Waals surface area contributed by atoms with Crippen LogP contribution in [-0.4, -0.2) is 22.3 Å². The van der Waals surface area contributed by atoms with Gasteiger partial charge in [-0.2, -0.15) is 5.10 Å². The van der Waals surface area contributed by atoms with Crippen molar-refractivity contribution in [2.45, 2.75) is 32.7 Å². The zero-order valence-corrected chi connectivity index (χ0v) is 18.4. The average Bonchev–Trinajstić information content (AvgIpc) is 2.99. The van der Waals surface area contributed by atoms with E-state index in [0.717, 1.165) is 29.8 Å². The molecule has 1 N–H and O–H groups in total. The number of carbonyl (C=O) groups is 1. The average molecular weight is 444 g/mol. The molecule has 0 saturated carbocycles. The van der Waals surface area contributed by atoms with Gasteiger partial charge in [-0.3, -0.25) is 4.79 Å². The van der Waals surface area contributed by atoms with Crippen LogP contribution in [0.15, 0.2) is 48.5 Å². The third kappa shape index (κ3) is 4.05. The Bertz CT molecular complexity index is 1060. The molecule has 0 radical (unpaired) electrons. The molecular formula is C23H23Cl2N3O2. The van der Waals surface area contributed by atoms with Crippen LogP contribution < -0.4 is 10.1 Å². The third-order valence-electron chi connectivity index (χ3n) is 5.12. The van der Waals surface area contributed by atoms with Crippen LogP contribution in [0.25, 0.3) is 16.9 Å². The lowest BCUT2D eigenvalue weighted by molar-refractivity contribution is -0.124. The molecule has 1 atom stereocenters. The van der Waals surface area contributed by atoms with Crippen LogP contribution in [0.4, 0.5) is 0 Å². The van der Waals surface area contributed by atoms with E-state index < -0.39 is 0 Å². The van der Waals surface area contributed by atoms with Crippen LogP contribution >= 0.6 is 23.2 Å². The number of ether oxygens (including phenoxy) is 1. The SMILES string of the molecule is CC(C)C(=O)N[C@@H]1CCCOc2c1nn(-c1ccccc1Cl)c2-c1ccc(Cl)cc1. The first-order valence-electron chi connectivity index (χ1n) is 10.0. The highest BCUT2D eigenvalue weighted by molar-refractivity contribution is 6.32. The topological polar surface area (TPSA) is 56.1 Å². The van der Waals surface area contributed by atoms with Crippen molar-refractivity contribution in [3.05, 3.63) is 64.3 Å². The fourth-order valence-corrected chi connectivity index (χ4v) is 3.87. The minimum Gasteiger partial charge on any atom is -0.489 e. The van der Waals surface area contributed by atoms with Crippen molar-refractivity contribution >= 4 is 29.1 Å². The van der Waals surface area contributed by atoms with Gasteiger partial charge in [-0.25, -0.2) is 4.68 Å². The van der Waals surface area contributed by atoms with E-state index in [1.165, 1.54) is 0 Å². The van der Waals surface area contributed by atoms with E-state index >= 15 is 0 Å². The van der Waals surface area contributed by atoms with Crippen molar-refractivity contribution in [2.24, 2.45) is 5.92 Å². The summed E-state index contributed by atoms with van der Waals surface area (Å²) in [7, 11) is 0. The number of aromatic nitrogens is 2. The fourth-order valence-electron chi connectivity index (χ4n) is 3.53. The van der Waals surface area contributed by atoms with Crippen LogP contribution in [0.5, 0.6) is 5.75 Å². The molecule has 2 heterocycles. The molecule has 4 rings (SSSR count). The first-order chi connectivity index (χ1) is 14.5. The van der Waals surface area contributed by atoms with Gasteiger partial charge in [-0.05, 0) is 37.1 Å². The Kier molecular flexibility index (Phi) is 6.02. The second-order valence-electron chi connectivity index (χ2n) is 7.64. The monoisotopic (exact) mass is 443 g/mol. The van der Waals surface area contributed by atoms with Gasteiger partial charge in [-0.1, -0.05) is 61.3 Å². The highest BCUT2D eigenvalue weighted by Crippen LogP contribution is 2.42. The lowest BCUT2D eigenvalue weighted by atomic mass is 10.0. The van der Waals surface area contributed by atoms with Gasteiger partial charge in [0.05, 0.1) is 23.4 Å². The van der Waals surface area contributed by atoms with Crippen molar-refractivity contribution in [1.29, 1.82) is 0 Å². The Morgan fingerprint density at radius 3 is 2.60 bits per heavy atom. The van der Waals surface area contributed by atoms with E-state index in [4.69, 9.17) is 33.0 Å². The summed E-state index contributed by atoms with van der Waals surface area (Å²) in [5.41, 5.74) is 3.16. The maximum atomic E-state index is 12.4. The minimum atomic E-state index is -0.229. The van der Waals surface area contributed by atoms with E-state index in [1.54, 1.807) is 4.68 Å². The summed E-state index contributed by atoms with van der Waals surface area (Å²) in [6.45, 7) is 4.31. The van der Waals surface area contributed by atoms with Crippen LogP contribution in [0, 0.1) is 5.92 Å². The Morgan fingerprint density at radius 1 is 1.17 bits per heavy atom. The van der Waals surface area contributed by atoms with Gasteiger partial charge in [0.25, 0.3) is 0 Å². The standard InChI is InChI=1S/C23H23Cl2N3O2/c1-14(2)23(29)26-18-7-5-13-30-22-20(18)27-28(19-8-4-3-6-17(19)25)21(22)15-9-11-16(24)12-10-15/h3-4,6,8-12,14,18H,5,7,13H2,1-2H3,(H,26,29)/t18-/m1/s1. The predicted molar refractivity (Wildman–Crippen MR) is 119 cm³/mol. The van der Waals surface area contributed by atoms with Crippen LogP contribution in [-0.2, 0) is 4.79 Å². The van der Waals surface area contributed by atoms with E-state index in [9.17, 15) is 4.79 Å². The van der Waals surface area contributed by atoms with Crippen molar-refractivity contribution in [3.63, 3.8) is 0 Å². The molecule has 0 saturated heterocycles. The number of para-hydroxylation sites is 1. The molecule has 1 aliphatic heterocycles. The number of fused-ring (bicyclic) bond motifs is 1. The highest BCUT2D eigenvalue weighted by atomic mass is 35.5. The summed E-state index contributed by atoms with van der Waals surface area (Å²) < 4.78 is 7.97. The number of carbonyl (C=O) groups excluding carboxylic acids is 1. The number of benzene rings is 2. The van der Waals surface area contributed by atoms with E-state index in [1.807, 2.05) is 62.4 Å². The fraction of sp³-hybridized carbons (Fsp3) is 0.304. The number of nitrogens with one attached hydrogen (secondary N) is 1. The Labute approximate surface area is 185 Å². The molecule has 0 spiro atoms. The molecular weight excluding hydrogens is 421 g/mol. The minimum absolute atomic E-state index is 0.00631. The number of amides is 1. The van der Waals surface area contributed by atoms with Gasteiger partial charge in [0, 0.05) is 16.5 Å². The summed E-state index contributed by atoms with van der Waals surface area (Å²) in [5, 5.41) is 9.25. The molecule has 0 bridgehead atoms. The Balaban J connectivity index is 1.91. The van der Waals surface area contributed by atoms with Gasteiger partial charge in [-0.15, -0.1) is 0 Å². The number of hydrogen-bond acceptors (Lipinski definition) is 3. The maximum absolute atomic E-state index is 12.4. The van der Waals surface area contributed by atoms with Gasteiger partial charge in [0.2, 0.25) is 5.91 Å². The maximum Gasteiger partial charge on any atom is 0.223 e. The Morgan fingerprint density at radius 2 is 1.90 bits per heavy atom. The Hall–Kier alpha value is -2.50. The molecule has 156 valence electrons. The molecule has 2 aromatic carbocycles. The molecule has 30 heavy (non-hydrogen) atoms. The van der Waals surface area contributed by atoms with Gasteiger partial charge in [0.1, 0.15) is 11.4 Å². The summed E-state index contributed by atoms with van der Waals surface area (Å²) in [6.07, 6.45) is 1.58. The molecule has 1 amide bonds. The molecule has 0 unspecified atom stereocenters. The predicted octanol–water partition coefficient (Wildman–Crippen LogP) is 5.83. The number of nitrogens with zero attached hydrogens (tertiary/aromatic N) is 2. The summed E-state index contributed by atoms with van der Waals surface area (Å²) in [6, 6.07) is 14.8. The number of hydrogen-bond donors (Lipinski definition) is 1. The molecule has 1 aromatic heterocycles. The van der Waals surface area contributed by atoms with Crippen molar-refractivity contribution in [1.82, 2.24) is 15.1 Å². The second-order valence-corrected chi connectivity index (χ2v) is 8.48. The summed E-state index contributed by atoms with van der Waals surface area (Å²) in [5.74, 6) is 0.552. The van der Waals surface area contributed by atoms with E-state index in [-0.39, 0.29) is 17.9 Å². The zero-order valence-electron chi connectivity index (χ0n) is 16.9. The highest BCUT2D eigenvalue weighted by Gasteiger charge is 2.31. The lowest BCUT2D eigenvalue weighted by Crippen LogP contribution is -2.32. The normalized spacial score (nSPS) is 16.0. The quantitative estimate of drug-likeness (QED) is 0.551. The van der Waals surface area contributed by atoms with Crippen LogP contribution in [0.1, 0.15) is 38.4 Å². The zero-order chi connectivity index (χ0) is 21.3. The molecule has 5 nitrogen and oxygen atoms in total. The smallest absolute Gasteiger partial charge is 0.223 e. The van der Waals surface area contributed by atoms with Crippen molar-refractivity contribution in [3.8, 4) is 22.7 Å². The molecule has 3 aromatic rings. The third-order valence-corrected chi connectivity index (χ3v) is 5.69. The molecule has 1 aliphatic rings.